The van der Waals surface area contributed by atoms with Crippen LogP contribution in [0.25, 0.3) is 0 Å². The molecule has 2 atom stereocenters. The lowest BCUT2D eigenvalue weighted by atomic mass is 10.1. The first kappa shape index (κ1) is 4.77. The van der Waals surface area contributed by atoms with Crippen molar-refractivity contribution in [3.63, 3.8) is 0 Å². The van der Waals surface area contributed by atoms with Crippen LogP contribution >= 0.6 is 0 Å². The summed E-state index contributed by atoms with van der Waals surface area (Å²) in [7, 11) is 0. The van der Waals surface area contributed by atoms with E-state index in [1.807, 2.05) is 0 Å². The molecule has 0 aromatic rings. The number of piperidine rings is 1. The third-order valence-electron chi connectivity index (χ3n) is 2.63. The quantitative estimate of drug-likeness (QED) is 0.482. The number of nitrogens with two attached hydrogens (primary N) is 1. The van der Waals surface area contributed by atoms with Crippen molar-refractivity contribution in [2.45, 2.75) is 6.42 Å². The van der Waals surface area contributed by atoms with Crippen molar-refractivity contribution in [1.82, 2.24) is 5.32 Å². The summed E-state index contributed by atoms with van der Waals surface area (Å²) in [6.45, 7) is 3.29. The van der Waals surface area contributed by atoms with Gasteiger partial charge in [0.25, 0.3) is 0 Å². The predicted molar refractivity (Wildman–Crippen MR) is 32.5 cm³/mol. The van der Waals surface area contributed by atoms with Gasteiger partial charge in [-0.05, 0) is 30.8 Å². The Morgan fingerprint density at radius 2 is 2.62 bits per heavy atom. The van der Waals surface area contributed by atoms with E-state index >= 15 is 0 Å². The van der Waals surface area contributed by atoms with Crippen LogP contribution in [0.5, 0.6) is 0 Å². The third kappa shape index (κ3) is 0.400. The Hall–Kier alpha value is -0.0800. The summed E-state index contributed by atoms with van der Waals surface area (Å²) in [4.78, 5) is 0. The van der Waals surface area contributed by atoms with Gasteiger partial charge in [0, 0.05) is 6.54 Å². The van der Waals surface area contributed by atoms with Crippen LogP contribution in [0.3, 0.4) is 0 Å². The van der Waals surface area contributed by atoms with Crippen LogP contribution in [-0.4, -0.2) is 19.6 Å². The molecule has 1 saturated carbocycles. The fraction of sp³-hybridized carbons (Fsp3) is 1.00. The predicted octanol–water partition coefficient (Wildman–Crippen LogP) is -0.445. The summed E-state index contributed by atoms with van der Waals surface area (Å²) in [6, 6.07) is 0. The zero-order valence-electron chi connectivity index (χ0n) is 4.98. The van der Waals surface area contributed by atoms with E-state index in [1.165, 1.54) is 19.5 Å². The van der Waals surface area contributed by atoms with Gasteiger partial charge >= 0.3 is 0 Å². The Balaban J connectivity index is 2.08. The molecule has 0 bridgehead atoms. The Kier molecular flexibility index (Phi) is 0.746. The Morgan fingerprint density at radius 3 is 2.88 bits per heavy atom. The molecule has 1 saturated heterocycles. The molecular weight excluding hydrogens is 100 g/mol. The number of fused-ring (bicyclic) bond motifs is 1. The summed E-state index contributed by atoms with van der Waals surface area (Å²) in [5.41, 5.74) is 6.14. The van der Waals surface area contributed by atoms with Gasteiger partial charge in [-0.2, -0.15) is 0 Å². The average molecular weight is 112 g/mol. The Labute approximate surface area is 49.4 Å². The maximum atomic E-state index is 5.57. The molecule has 8 heavy (non-hydrogen) atoms. The van der Waals surface area contributed by atoms with Crippen molar-refractivity contribution in [2.75, 3.05) is 19.6 Å². The first-order valence-corrected chi connectivity index (χ1v) is 3.28. The molecule has 0 spiro atoms. The lowest BCUT2D eigenvalue weighted by Crippen LogP contribution is -2.23. The molecule has 0 aromatic heterocycles. The topological polar surface area (TPSA) is 38.0 Å². The fourth-order valence-corrected chi connectivity index (χ4v) is 1.75. The molecule has 2 heteroatoms. The van der Waals surface area contributed by atoms with E-state index < -0.39 is 0 Å². The molecule has 1 heterocycles. The van der Waals surface area contributed by atoms with E-state index in [1.54, 1.807) is 0 Å². The molecule has 0 amide bonds. The minimum atomic E-state index is 0.569. The lowest BCUT2D eigenvalue weighted by Gasteiger charge is -2.04. The molecule has 2 aliphatic rings. The van der Waals surface area contributed by atoms with Crippen molar-refractivity contribution in [1.29, 1.82) is 0 Å². The van der Waals surface area contributed by atoms with Gasteiger partial charge < -0.3 is 11.1 Å². The normalized spacial score (nSPS) is 51.4. The largest absolute Gasteiger partial charge is 0.330 e. The zero-order chi connectivity index (χ0) is 5.61. The van der Waals surface area contributed by atoms with Gasteiger partial charge in [-0.25, -0.2) is 0 Å². The van der Waals surface area contributed by atoms with Crippen LogP contribution in [0.1, 0.15) is 6.42 Å². The van der Waals surface area contributed by atoms with Crippen LogP contribution in [0.15, 0.2) is 0 Å². The standard InChI is InChI=1S/C6H12N2/c7-3-6-1-5(6)2-8-4-6/h5,8H,1-4,7H2/t5-,6-/m0/s1. The lowest BCUT2D eigenvalue weighted by molar-refractivity contribution is 0.528. The van der Waals surface area contributed by atoms with Crippen molar-refractivity contribution >= 4 is 0 Å². The molecule has 0 unspecified atom stereocenters. The monoisotopic (exact) mass is 112 g/mol. The number of nitrogens with one attached hydrogen (secondary N) is 1. The third-order valence-corrected chi connectivity index (χ3v) is 2.63. The molecule has 3 N–H and O–H groups in total. The van der Waals surface area contributed by atoms with Crippen LogP contribution < -0.4 is 11.1 Å². The smallest absolute Gasteiger partial charge is 0.00233 e. The van der Waals surface area contributed by atoms with Gasteiger partial charge in [-0.15, -0.1) is 0 Å². The van der Waals surface area contributed by atoms with E-state index in [9.17, 15) is 0 Å². The second-order valence-corrected chi connectivity index (χ2v) is 3.10. The molecule has 2 fully saturated rings. The molecule has 46 valence electrons. The van der Waals surface area contributed by atoms with E-state index in [-0.39, 0.29) is 0 Å². The van der Waals surface area contributed by atoms with Crippen LogP contribution in [0.2, 0.25) is 0 Å². The van der Waals surface area contributed by atoms with Crippen molar-refractivity contribution in [2.24, 2.45) is 17.1 Å². The molecule has 0 radical (unpaired) electrons. The number of rotatable bonds is 1. The van der Waals surface area contributed by atoms with E-state index in [0.717, 1.165) is 12.5 Å². The number of hydrogen-bond donors (Lipinski definition) is 2. The first-order valence-electron chi connectivity index (χ1n) is 3.28. The Morgan fingerprint density at radius 1 is 1.75 bits per heavy atom. The zero-order valence-corrected chi connectivity index (χ0v) is 4.98. The summed E-state index contributed by atoms with van der Waals surface area (Å²) >= 11 is 0. The molecule has 0 aromatic carbocycles. The van der Waals surface area contributed by atoms with Gasteiger partial charge in [-0.1, -0.05) is 0 Å². The minimum Gasteiger partial charge on any atom is -0.330 e. The highest BCUT2D eigenvalue weighted by Crippen LogP contribution is 2.53. The van der Waals surface area contributed by atoms with Gasteiger partial charge in [-0.3, -0.25) is 0 Å². The van der Waals surface area contributed by atoms with E-state index in [2.05, 4.69) is 5.32 Å². The molecule has 2 nitrogen and oxygen atoms in total. The fourth-order valence-electron chi connectivity index (χ4n) is 1.75. The van der Waals surface area contributed by atoms with E-state index in [4.69, 9.17) is 5.73 Å². The van der Waals surface area contributed by atoms with Crippen molar-refractivity contribution in [3.8, 4) is 0 Å². The van der Waals surface area contributed by atoms with Gasteiger partial charge in [0.2, 0.25) is 0 Å². The molecule has 1 aliphatic carbocycles. The second kappa shape index (κ2) is 1.25. The highest BCUT2D eigenvalue weighted by molar-refractivity contribution is 5.09. The highest BCUT2D eigenvalue weighted by Gasteiger charge is 2.55. The first-order chi connectivity index (χ1) is 3.87. The van der Waals surface area contributed by atoms with Crippen molar-refractivity contribution in [3.05, 3.63) is 0 Å². The summed E-state index contributed by atoms with van der Waals surface area (Å²) < 4.78 is 0. The maximum Gasteiger partial charge on any atom is 0.00233 e. The van der Waals surface area contributed by atoms with Gasteiger partial charge in [0.15, 0.2) is 0 Å². The average Bonchev–Trinajstić information content (AvgIpc) is 2.38. The van der Waals surface area contributed by atoms with Crippen LogP contribution in [0.4, 0.5) is 0 Å². The SMILES string of the molecule is NC[C@@]12CNC[C@@H]1C2. The molecular formula is C6H12N2. The van der Waals surface area contributed by atoms with Crippen LogP contribution in [0, 0.1) is 11.3 Å². The molecule has 1 aliphatic heterocycles. The van der Waals surface area contributed by atoms with Crippen molar-refractivity contribution < 1.29 is 0 Å². The Bertz CT molecular complexity index is 109. The minimum absolute atomic E-state index is 0.569. The second-order valence-electron chi connectivity index (χ2n) is 3.10. The summed E-state index contributed by atoms with van der Waals surface area (Å²) in [6.07, 6.45) is 1.39. The molecule has 2 rings (SSSR count). The van der Waals surface area contributed by atoms with Gasteiger partial charge in [0.05, 0.1) is 0 Å². The maximum absolute atomic E-state index is 5.57. The van der Waals surface area contributed by atoms with Crippen LogP contribution in [-0.2, 0) is 0 Å². The summed E-state index contributed by atoms with van der Waals surface area (Å²) in [5.74, 6) is 0.937. The summed E-state index contributed by atoms with van der Waals surface area (Å²) in [5, 5.41) is 3.33. The number of hydrogen-bond acceptors (Lipinski definition) is 2. The highest BCUT2D eigenvalue weighted by atomic mass is 15.0. The van der Waals surface area contributed by atoms with Gasteiger partial charge in [0.1, 0.15) is 0 Å². The van der Waals surface area contributed by atoms with E-state index in [0.29, 0.717) is 5.41 Å².